The molecule has 0 aromatic heterocycles. The van der Waals surface area contributed by atoms with Crippen LogP contribution in [0.4, 0.5) is 0 Å². The summed E-state index contributed by atoms with van der Waals surface area (Å²) >= 11 is 0. The molecule has 4 saturated heterocycles. The highest BCUT2D eigenvalue weighted by Gasteiger charge is 2.74. The third kappa shape index (κ3) is 2.96. The number of nitrogens with one attached hydrogen (secondary N) is 6. The van der Waals surface area contributed by atoms with Crippen LogP contribution < -0.4 is 21.3 Å². The fourth-order valence-corrected chi connectivity index (χ4v) is 5.19. The monoisotopic (exact) mass is 456 g/mol. The smallest absolute Gasteiger partial charge is 0.251 e. The Kier molecular flexibility index (Phi) is 4.58. The van der Waals surface area contributed by atoms with Crippen LogP contribution in [0.2, 0.25) is 0 Å². The second-order valence-corrected chi connectivity index (χ2v) is 8.61. The summed E-state index contributed by atoms with van der Waals surface area (Å²) in [5, 5.41) is 50.5. The van der Waals surface area contributed by atoms with Gasteiger partial charge in [0.2, 0.25) is 17.6 Å². The van der Waals surface area contributed by atoms with Crippen LogP contribution in [0, 0.1) is 10.8 Å². The number of aliphatic hydroxyl groups is 2. The largest absolute Gasteiger partial charge is 0.361 e. The Hall–Kier alpha value is -3.71. The highest BCUT2D eigenvalue weighted by atomic mass is 16.5. The Bertz CT molecular complexity index is 1050. The first-order chi connectivity index (χ1) is 15.6. The molecular weight excluding hydrogens is 432 g/mol. The summed E-state index contributed by atoms with van der Waals surface area (Å²) in [6.07, 6.45) is 0.202. The average molecular weight is 456 g/mol. The molecule has 4 aliphatic rings. The van der Waals surface area contributed by atoms with Gasteiger partial charge in [-0.05, 0) is 12.1 Å². The zero-order valence-corrected chi connectivity index (χ0v) is 17.5. The van der Waals surface area contributed by atoms with Gasteiger partial charge in [-0.15, -0.1) is 0 Å². The summed E-state index contributed by atoms with van der Waals surface area (Å²) in [5.74, 6) is -4.24. The van der Waals surface area contributed by atoms with Gasteiger partial charge in [0.15, 0.2) is 17.6 Å². The molecule has 4 heterocycles. The van der Waals surface area contributed by atoms with E-state index in [-0.39, 0.29) is 49.7 Å². The van der Waals surface area contributed by atoms with Gasteiger partial charge in [-0.25, -0.2) is 0 Å². The van der Waals surface area contributed by atoms with Crippen LogP contribution in [-0.2, 0) is 9.59 Å². The van der Waals surface area contributed by atoms with Crippen LogP contribution in [-0.4, -0.2) is 92.3 Å². The Morgan fingerprint density at radius 1 is 1.12 bits per heavy atom. The fraction of sp³-hybridized carbons (Fsp3) is 0.450. The number of guanidine groups is 2. The predicted molar refractivity (Wildman–Crippen MR) is 113 cm³/mol. The number of nitrogens with zero attached hydrogens (tertiary/aromatic N) is 2. The molecule has 0 radical (unpaired) electrons. The van der Waals surface area contributed by atoms with E-state index in [1.807, 2.05) is 0 Å². The molecule has 0 aliphatic carbocycles. The summed E-state index contributed by atoms with van der Waals surface area (Å²) in [5.41, 5.74) is -1.47. The van der Waals surface area contributed by atoms with Gasteiger partial charge >= 0.3 is 0 Å². The van der Waals surface area contributed by atoms with Crippen molar-refractivity contribution in [2.75, 3.05) is 13.1 Å². The van der Waals surface area contributed by atoms with Crippen molar-refractivity contribution in [1.29, 1.82) is 10.8 Å². The Morgan fingerprint density at radius 2 is 1.79 bits per heavy atom. The van der Waals surface area contributed by atoms with Gasteiger partial charge in [0.1, 0.15) is 6.04 Å². The second kappa shape index (κ2) is 7.15. The summed E-state index contributed by atoms with van der Waals surface area (Å²) < 4.78 is 0. The van der Waals surface area contributed by atoms with Crippen LogP contribution in [0.5, 0.6) is 0 Å². The molecule has 4 atom stereocenters. The molecule has 13 heteroatoms. The highest BCUT2D eigenvalue weighted by Crippen LogP contribution is 2.43. The molecule has 0 saturated carbocycles. The van der Waals surface area contributed by atoms with Gasteiger partial charge in [-0.2, -0.15) is 0 Å². The minimum Gasteiger partial charge on any atom is -0.361 e. The van der Waals surface area contributed by atoms with Crippen molar-refractivity contribution in [2.45, 2.75) is 42.4 Å². The normalized spacial score (nSPS) is 32.1. The van der Waals surface area contributed by atoms with Gasteiger partial charge in [0, 0.05) is 24.9 Å². The molecule has 13 nitrogen and oxygen atoms in total. The second-order valence-electron chi connectivity index (χ2n) is 8.61. The molecule has 0 unspecified atom stereocenters. The summed E-state index contributed by atoms with van der Waals surface area (Å²) in [7, 11) is 0. The fourth-order valence-electron chi connectivity index (χ4n) is 5.19. The molecule has 1 aromatic rings. The van der Waals surface area contributed by atoms with E-state index < -0.39 is 35.5 Å². The summed E-state index contributed by atoms with van der Waals surface area (Å²) in [6, 6.07) is 5.35. The third-order valence-electron chi connectivity index (χ3n) is 6.77. The maximum atomic E-state index is 12.7. The molecule has 8 N–H and O–H groups in total. The van der Waals surface area contributed by atoms with Crippen LogP contribution in [0.25, 0.3) is 0 Å². The topological polar surface area (TPSA) is 194 Å². The van der Waals surface area contributed by atoms with Crippen LogP contribution >= 0.6 is 0 Å². The van der Waals surface area contributed by atoms with Crippen molar-refractivity contribution >= 4 is 29.6 Å². The van der Waals surface area contributed by atoms with E-state index in [0.29, 0.717) is 5.56 Å². The molecule has 0 bridgehead atoms. The molecule has 174 valence electrons. The highest BCUT2D eigenvalue weighted by molar-refractivity contribution is 6.02. The van der Waals surface area contributed by atoms with E-state index in [1.165, 1.54) is 4.90 Å². The molecule has 1 spiro atoms. The Balaban J connectivity index is 1.46. The van der Waals surface area contributed by atoms with E-state index in [1.54, 1.807) is 30.3 Å². The summed E-state index contributed by atoms with van der Waals surface area (Å²) in [4.78, 5) is 39.4. The predicted octanol–water partition coefficient (Wildman–Crippen LogP) is -2.97. The minimum absolute atomic E-state index is 0.101. The van der Waals surface area contributed by atoms with Crippen molar-refractivity contribution in [3.63, 3.8) is 0 Å². The van der Waals surface area contributed by atoms with E-state index in [9.17, 15) is 24.6 Å². The lowest BCUT2D eigenvalue weighted by molar-refractivity contribution is -0.232. The minimum atomic E-state index is -2.62. The first-order valence-corrected chi connectivity index (χ1v) is 10.5. The zero-order valence-electron chi connectivity index (χ0n) is 17.5. The van der Waals surface area contributed by atoms with Gasteiger partial charge in [0.05, 0.1) is 18.6 Å². The van der Waals surface area contributed by atoms with Crippen molar-refractivity contribution in [1.82, 2.24) is 31.1 Å². The lowest BCUT2D eigenvalue weighted by Gasteiger charge is -2.51. The van der Waals surface area contributed by atoms with Crippen molar-refractivity contribution in [2.24, 2.45) is 0 Å². The zero-order chi connectivity index (χ0) is 23.5. The van der Waals surface area contributed by atoms with E-state index in [2.05, 4.69) is 21.3 Å². The first kappa shape index (κ1) is 21.2. The molecule has 1 aromatic carbocycles. The molecule has 3 amide bonds. The SMILES string of the molecule is N=C1N[C@H]2[C@H](CN3C(=O)CCC3=O)NC(=N)N3C[C@H](NC(=O)c4ccccc4)C(O)(O)[C@]23N1. The van der Waals surface area contributed by atoms with E-state index >= 15 is 0 Å². The number of carbonyl (C=O) groups excluding carboxylic acids is 3. The number of rotatable bonds is 4. The van der Waals surface area contributed by atoms with Crippen molar-refractivity contribution in [3.05, 3.63) is 35.9 Å². The number of benzene rings is 1. The lowest BCUT2D eigenvalue weighted by Crippen LogP contribution is -2.81. The number of likely N-dealkylation sites (tertiary alicyclic amines) is 1. The Labute approximate surface area is 188 Å². The molecule has 33 heavy (non-hydrogen) atoms. The molecule has 5 rings (SSSR count). The quantitative estimate of drug-likeness (QED) is 0.172. The van der Waals surface area contributed by atoms with Crippen LogP contribution in [0.1, 0.15) is 23.2 Å². The van der Waals surface area contributed by atoms with E-state index in [0.717, 1.165) is 4.90 Å². The number of hydrogen-bond donors (Lipinski definition) is 8. The molecule has 4 aliphatic heterocycles. The van der Waals surface area contributed by atoms with Crippen LogP contribution in [0.15, 0.2) is 30.3 Å². The van der Waals surface area contributed by atoms with Gasteiger partial charge < -0.3 is 36.4 Å². The third-order valence-corrected chi connectivity index (χ3v) is 6.77. The van der Waals surface area contributed by atoms with Gasteiger partial charge in [-0.1, -0.05) is 18.2 Å². The lowest BCUT2D eigenvalue weighted by atomic mass is 9.84. The standard InChI is InChI=1S/C20H24N8O5/c21-17-25-15-11(8-27-13(29)6-7-14(27)30)23-18(22)28-9-12(20(32,33)19(15,28)26-17)24-16(31)10-4-2-1-3-5-10/h1-5,11-12,15,32-33H,6-9H2,(H2,22,23)(H,24,31)(H3,21,25,26)/t11-,12-,15-,19-/m0/s1. The van der Waals surface area contributed by atoms with E-state index in [4.69, 9.17) is 10.8 Å². The van der Waals surface area contributed by atoms with Gasteiger partial charge in [0.25, 0.3) is 5.91 Å². The first-order valence-electron chi connectivity index (χ1n) is 10.5. The number of imide groups is 1. The maximum Gasteiger partial charge on any atom is 0.251 e. The number of amides is 3. The molecular formula is C20H24N8O5. The van der Waals surface area contributed by atoms with Gasteiger partial charge in [-0.3, -0.25) is 30.1 Å². The summed E-state index contributed by atoms with van der Waals surface area (Å²) in [6.45, 7) is -0.246. The Morgan fingerprint density at radius 3 is 2.45 bits per heavy atom. The maximum absolute atomic E-state index is 12.7. The average Bonchev–Trinajstić information content (AvgIpc) is 3.37. The molecule has 4 fully saturated rings. The van der Waals surface area contributed by atoms with Crippen molar-refractivity contribution < 1.29 is 24.6 Å². The number of carbonyl (C=O) groups is 3. The van der Waals surface area contributed by atoms with Crippen LogP contribution in [0.3, 0.4) is 0 Å². The number of hydrogen-bond acceptors (Lipinski definition) is 7. The van der Waals surface area contributed by atoms with Crippen molar-refractivity contribution in [3.8, 4) is 0 Å².